The summed E-state index contributed by atoms with van der Waals surface area (Å²) in [5.41, 5.74) is 1.46. The Morgan fingerprint density at radius 2 is 1.96 bits per heavy atom. The number of carbonyl (C=O) groups is 1. The minimum absolute atomic E-state index is 0.291. The number of hydrogen-bond donors (Lipinski definition) is 5. The van der Waals surface area contributed by atoms with Crippen LogP contribution in [0.5, 0.6) is 5.75 Å². The molecule has 9 nitrogen and oxygen atoms in total. The molecule has 25 heavy (non-hydrogen) atoms. The fourth-order valence-corrected chi connectivity index (χ4v) is 2.46. The summed E-state index contributed by atoms with van der Waals surface area (Å²) in [6, 6.07) is 5.14. The van der Waals surface area contributed by atoms with Crippen LogP contribution in [0.3, 0.4) is 0 Å². The van der Waals surface area contributed by atoms with Crippen molar-refractivity contribution in [2.24, 2.45) is 0 Å². The maximum absolute atomic E-state index is 11.1. The van der Waals surface area contributed by atoms with Crippen LogP contribution in [0.4, 0.5) is 5.69 Å². The lowest BCUT2D eigenvalue weighted by Gasteiger charge is -2.38. The Morgan fingerprint density at radius 1 is 1.24 bits per heavy atom. The van der Waals surface area contributed by atoms with Crippen molar-refractivity contribution in [2.75, 3.05) is 19.0 Å². The first-order valence-corrected chi connectivity index (χ1v) is 7.86. The first-order valence-electron chi connectivity index (χ1n) is 7.86. The topological polar surface area (TPSA) is 138 Å². The zero-order chi connectivity index (χ0) is 18.6. The number of carboxylic acid groups (broad SMARTS) is 1. The molecule has 1 aliphatic rings. The number of aliphatic hydroxyl groups excluding tert-OH is 3. The largest absolute Gasteiger partial charge is 0.479 e. The molecule has 1 aliphatic heterocycles. The number of hydrogen-bond acceptors (Lipinski definition) is 8. The fourth-order valence-electron chi connectivity index (χ4n) is 2.46. The zero-order valence-electron chi connectivity index (χ0n) is 14.0. The average Bonchev–Trinajstić information content (AvgIpc) is 2.60. The van der Waals surface area contributed by atoms with Gasteiger partial charge in [-0.15, -0.1) is 0 Å². The van der Waals surface area contributed by atoms with Gasteiger partial charge in [-0.1, -0.05) is 6.07 Å². The van der Waals surface area contributed by atoms with E-state index in [-0.39, 0.29) is 0 Å². The van der Waals surface area contributed by atoms with Gasteiger partial charge < -0.3 is 40.0 Å². The SMILES string of the molecule is CCOCc1ccc(OC2OC(C(=O)O)C(O)C(O)C2O)c(NC)c1. The summed E-state index contributed by atoms with van der Waals surface area (Å²) in [5, 5.41) is 41.5. The highest BCUT2D eigenvalue weighted by Gasteiger charge is 2.48. The lowest BCUT2D eigenvalue weighted by Crippen LogP contribution is -2.61. The first-order chi connectivity index (χ1) is 11.9. The van der Waals surface area contributed by atoms with Crippen LogP contribution in [-0.2, 0) is 20.9 Å². The van der Waals surface area contributed by atoms with Gasteiger partial charge in [-0.05, 0) is 24.6 Å². The maximum Gasteiger partial charge on any atom is 0.335 e. The van der Waals surface area contributed by atoms with Gasteiger partial charge in [-0.3, -0.25) is 0 Å². The Bertz CT molecular complexity index is 595. The highest BCUT2D eigenvalue weighted by molar-refractivity contribution is 5.73. The van der Waals surface area contributed by atoms with Crippen molar-refractivity contribution in [2.45, 2.75) is 44.2 Å². The Kier molecular flexibility index (Phi) is 6.57. The van der Waals surface area contributed by atoms with E-state index in [0.29, 0.717) is 24.7 Å². The number of anilines is 1. The van der Waals surface area contributed by atoms with Crippen molar-refractivity contribution in [1.82, 2.24) is 0 Å². The minimum Gasteiger partial charge on any atom is -0.479 e. The second kappa shape index (κ2) is 8.45. The fraction of sp³-hybridized carbons (Fsp3) is 0.562. The molecule has 0 bridgehead atoms. The van der Waals surface area contributed by atoms with Gasteiger partial charge in [0.05, 0.1) is 12.3 Å². The van der Waals surface area contributed by atoms with Crippen molar-refractivity contribution in [1.29, 1.82) is 0 Å². The summed E-state index contributed by atoms with van der Waals surface area (Å²) < 4.78 is 16.0. The lowest BCUT2D eigenvalue weighted by molar-refractivity contribution is -0.271. The Balaban J connectivity index is 2.18. The normalized spacial score (nSPS) is 29.2. The Hall–Kier alpha value is -1.91. The van der Waals surface area contributed by atoms with E-state index in [1.54, 1.807) is 25.2 Å². The van der Waals surface area contributed by atoms with E-state index >= 15 is 0 Å². The van der Waals surface area contributed by atoms with Crippen molar-refractivity contribution in [3.8, 4) is 5.75 Å². The number of aliphatic carboxylic acids is 1. The molecule has 1 heterocycles. The predicted molar refractivity (Wildman–Crippen MR) is 86.3 cm³/mol. The summed E-state index contributed by atoms with van der Waals surface area (Å²) in [6.07, 6.45) is -8.25. The molecule has 1 saturated heterocycles. The van der Waals surface area contributed by atoms with E-state index in [1.807, 2.05) is 6.92 Å². The smallest absolute Gasteiger partial charge is 0.335 e. The monoisotopic (exact) mass is 357 g/mol. The highest BCUT2D eigenvalue weighted by atomic mass is 16.7. The van der Waals surface area contributed by atoms with Crippen LogP contribution in [-0.4, -0.2) is 70.8 Å². The molecule has 5 atom stereocenters. The molecule has 1 aromatic rings. The van der Waals surface area contributed by atoms with Gasteiger partial charge in [0.2, 0.25) is 6.29 Å². The molecule has 0 radical (unpaired) electrons. The number of nitrogens with one attached hydrogen (secondary N) is 1. The first kappa shape index (κ1) is 19.4. The quantitative estimate of drug-likeness (QED) is 0.439. The molecule has 140 valence electrons. The van der Waals surface area contributed by atoms with Crippen molar-refractivity contribution in [3.63, 3.8) is 0 Å². The van der Waals surface area contributed by atoms with Gasteiger partial charge in [0, 0.05) is 13.7 Å². The van der Waals surface area contributed by atoms with Gasteiger partial charge in [0.15, 0.2) is 6.10 Å². The van der Waals surface area contributed by atoms with Gasteiger partial charge in [0.25, 0.3) is 0 Å². The van der Waals surface area contributed by atoms with E-state index in [9.17, 15) is 20.1 Å². The van der Waals surface area contributed by atoms with E-state index in [0.717, 1.165) is 5.56 Å². The summed E-state index contributed by atoms with van der Waals surface area (Å²) in [4.78, 5) is 11.1. The molecule has 0 amide bonds. The van der Waals surface area contributed by atoms with Crippen LogP contribution < -0.4 is 10.1 Å². The average molecular weight is 357 g/mol. The number of carboxylic acids is 1. The molecule has 2 rings (SSSR count). The van der Waals surface area contributed by atoms with Crippen molar-refractivity contribution >= 4 is 11.7 Å². The molecule has 1 aromatic carbocycles. The summed E-state index contributed by atoms with van der Waals surface area (Å²) >= 11 is 0. The van der Waals surface area contributed by atoms with Crippen LogP contribution in [0.15, 0.2) is 18.2 Å². The van der Waals surface area contributed by atoms with Gasteiger partial charge in [0.1, 0.15) is 24.1 Å². The highest BCUT2D eigenvalue weighted by Crippen LogP contribution is 2.30. The molecule has 0 saturated carbocycles. The number of rotatable bonds is 7. The molecule has 1 fully saturated rings. The minimum atomic E-state index is -1.76. The standard InChI is InChI=1S/C16H23NO8/c1-3-23-7-8-4-5-10(9(6-8)17-2)24-16-13(20)11(18)12(19)14(25-16)15(21)22/h4-6,11-14,16-20H,3,7H2,1-2H3,(H,21,22). The van der Waals surface area contributed by atoms with Gasteiger partial charge in [-0.2, -0.15) is 0 Å². The third-order valence-electron chi connectivity index (χ3n) is 3.84. The number of aliphatic hydroxyl groups is 3. The number of ether oxygens (including phenoxy) is 3. The summed E-state index contributed by atoms with van der Waals surface area (Å²) in [7, 11) is 1.67. The van der Waals surface area contributed by atoms with Crippen LogP contribution in [0.2, 0.25) is 0 Å². The van der Waals surface area contributed by atoms with E-state index in [1.165, 1.54) is 0 Å². The van der Waals surface area contributed by atoms with Crippen LogP contribution in [0.1, 0.15) is 12.5 Å². The molecule has 9 heteroatoms. The predicted octanol–water partition coefficient (Wildman–Crippen LogP) is -0.464. The van der Waals surface area contributed by atoms with Crippen LogP contribution in [0.25, 0.3) is 0 Å². The van der Waals surface area contributed by atoms with E-state index in [2.05, 4.69) is 5.32 Å². The lowest BCUT2D eigenvalue weighted by atomic mass is 9.99. The molecule has 5 N–H and O–H groups in total. The summed E-state index contributed by atoms with van der Waals surface area (Å²) in [6.45, 7) is 2.88. The zero-order valence-corrected chi connectivity index (χ0v) is 14.0. The van der Waals surface area contributed by atoms with Gasteiger partial charge in [-0.25, -0.2) is 4.79 Å². The molecular weight excluding hydrogens is 334 g/mol. The van der Waals surface area contributed by atoms with Crippen molar-refractivity contribution in [3.05, 3.63) is 23.8 Å². The van der Waals surface area contributed by atoms with Crippen molar-refractivity contribution < 1.29 is 39.4 Å². The molecule has 0 aliphatic carbocycles. The summed E-state index contributed by atoms with van der Waals surface area (Å²) in [5.74, 6) is -1.17. The second-order valence-corrected chi connectivity index (χ2v) is 5.57. The number of benzene rings is 1. The third-order valence-corrected chi connectivity index (χ3v) is 3.84. The van der Waals surface area contributed by atoms with Gasteiger partial charge >= 0.3 is 5.97 Å². The van der Waals surface area contributed by atoms with E-state index < -0.39 is 36.7 Å². The van der Waals surface area contributed by atoms with E-state index in [4.69, 9.17) is 19.3 Å². The third kappa shape index (κ3) is 4.39. The maximum atomic E-state index is 11.1. The molecular formula is C16H23NO8. The Labute approximate surface area is 144 Å². The Morgan fingerprint density at radius 3 is 2.56 bits per heavy atom. The van der Waals surface area contributed by atoms with Crippen LogP contribution >= 0.6 is 0 Å². The second-order valence-electron chi connectivity index (χ2n) is 5.57. The molecule has 5 unspecified atom stereocenters. The molecule has 0 spiro atoms. The molecule has 0 aromatic heterocycles. The van der Waals surface area contributed by atoms with Crippen LogP contribution in [0, 0.1) is 0 Å².